The number of nitrogen functional groups attached to an aromatic ring is 1. The summed E-state index contributed by atoms with van der Waals surface area (Å²) in [7, 11) is 0. The van der Waals surface area contributed by atoms with Gasteiger partial charge in [0.1, 0.15) is 0 Å². The molecule has 3 rings (SSSR count). The van der Waals surface area contributed by atoms with Gasteiger partial charge in [0.15, 0.2) is 5.13 Å². The van der Waals surface area contributed by atoms with Crippen molar-refractivity contribution in [3.8, 4) is 11.3 Å². The number of nitrogens with zero attached hydrogens (tertiary/aromatic N) is 1. The van der Waals surface area contributed by atoms with Crippen LogP contribution in [0.3, 0.4) is 0 Å². The van der Waals surface area contributed by atoms with Crippen molar-refractivity contribution in [1.82, 2.24) is 4.98 Å². The highest BCUT2D eigenvalue weighted by molar-refractivity contribution is 7.13. The second-order valence-corrected chi connectivity index (χ2v) is 5.86. The van der Waals surface area contributed by atoms with E-state index in [0.717, 1.165) is 22.5 Å². The largest absolute Gasteiger partial charge is 0.375 e. The lowest BCUT2D eigenvalue weighted by molar-refractivity contribution is 0.102. The summed E-state index contributed by atoms with van der Waals surface area (Å²) in [4.78, 5) is 16.5. The molecule has 110 valence electrons. The molecule has 0 bridgehead atoms. The Hall–Kier alpha value is -2.66. The number of hydrogen-bond donors (Lipinski definition) is 2. The zero-order valence-corrected chi connectivity index (χ0v) is 12.9. The van der Waals surface area contributed by atoms with Gasteiger partial charge in [-0.3, -0.25) is 4.79 Å². The second kappa shape index (κ2) is 5.99. The van der Waals surface area contributed by atoms with Crippen LogP contribution in [0.15, 0.2) is 53.9 Å². The Balaban J connectivity index is 1.81. The molecule has 0 spiro atoms. The van der Waals surface area contributed by atoms with Crippen LogP contribution in [0, 0.1) is 6.92 Å². The minimum absolute atomic E-state index is 0.130. The van der Waals surface area contributed by atoms with Crippen LogP contribution in [0.25, 0.3) is 11.3 Å². The molecule has 0 atom stereocenters. The van der Waals surface area contributed by atoms with Gasteiger partial charge in [-0.1, -0.05) is 29.8 Å². The third-order valence-electron chi connectivity index (χ3n) is 3.25. The molecule has 0 aliphatic rings. The Bertz CT molecular complexity index is 809. The van der Waals surface area contributed by atoms with E-state index in [1.54, 1.807) is 0 Å². The fraction of sp³-hybridized carbons (Fsp3) is 0.0588. The Labute approximate surface area is 132 Å². The van der Waals surface area contributed by atoms with Crippen molar-refractivity contribution in [2.24, 2.45) is 0 Å². The van der Waals surface area contributed by atoms with Crippen LogP contribution in [-0.2, 0) is 0 Å². The number of amides is 1. The van der Waals surface area contributed by atoms with Crippen molar-refractivity contribution in [2.75, 3.05) is 11.1 Å². The summed E-state index contributed by atoms with van der Waals surface area (Å²) in [6.07, 6.45) is 0. The lowest BCUT2D eigenvalue weighted by Crippen LogP contribution is -2.11. The molecule has 0 unspecified atom stereocenters. The molecule has 0 aliphatic heterocycles. The average molecular weight is 309 g/mol. The smallest absolute Gasteiger partial charge is 0.255 e. The third kappa shape index (κ3) is 3.15. The highest BCUT2D eigenvalue weighted by Crippen LogP contribution is 2.25. The van der Waals surface area contributed by atoms with E-state index in [4.69, 9.17) is 5.73 Å². The predicted molar refractivity (Wildman–Crippen MR) is 91.1 cm³/mol. The number of hydrogen-bond acceptors (Lipinski definition) is 4. The van der Waals surface area contributed by atoms with Gasteiger partial charge in [-0.25, -0.2) is 4.98 Å². The maximum Gasteiger partial charge on any atom is 0.255 e. The van der Waals surface area contributed by atoms with Crippen molar-refractivity contribution >= 4 is 28.1 Å². The van der Waals surface area contributed by atoms with Gasteiger partial charge in [0.25, 0.3) is 5.91 Å². The van der Waals surface area contributed by atoms with Gasteiger partial charge in [-0.15, -0.1) is 11.3 Å². The van der Waals surface area contributed by atoms with E-state index in [2.05, 4.69) is 10.3 Å². The fourth-order valence-corrected chi connectivity index (χ4v) is 2.66. The molecule has 5 heteroatoms. The van der Waals surface area contributed by atoms with E-state index < -0.39 is 0 Å². The van der Waals surface area contributed by atoms with Gasteiger partial charge in [-0.2, -0.15) is 0 Å². The number of thiazole rings is 1. The van der Waals surface area contributed by atoms with Crippen LogP contribution >= 0.6 is 11.3 Å². The Morgan fingerprint density at radius 1 is 1.18 bits per heavy atom. The molecule has 1 aromatic heterocycles. The van der Waals surface area contributed by atoms with Gasteiger partial charge < -0.3 is 11.1 Å². The molecular weight excluding hydrogens is 294 g/mol. The van der Waals surface area contributed by atoms with Gasteiger partial charge >= 0.3 is 0 Å². The number of aromatic nitrogens is 1. The van der Waals surface area contributed by atoms with Crippen LogP contribution in [-0.4, -0.2) is 10.9 Å². The highest BCUT2D eigenvalue weighted by atomic mass is 32.1. The average Bonchev–Trinajstić information content (AvgIpc) is 2.95. The van der Waals surface area contributed by atoms with E-state index >= 15 is 0 Å². The molecule has 4 nitrogen and oxygen atoms in total. The maximum absolute atomic E-state index is 12.2. The van der Waals surface area contributed by atoms with Crippen LogP contribution in [0.1, 0.15) is 15.9 Å². The van der Waals surface area contributed by atoms with E-state index in [-0.39, 0.29) is 5.91 Å². The molecule has 22 heavy (non-hydrogen) atoms. The summed E-state index contributed by atoms with van der Waals surface area (Å²) in [5.41, 5.74) is 9.89. The topological polar surface area (TPSA) is 68.0 Å². The first-order chi connectivity index (χ1) is 10.6. The Morgan fingerprint density at radius 2 is 1.95 bits per heavy atom. The zero-order chi connectivity index (χ0) is 15.5. The van der Waals surface area contributed by atoms with Crippen LogP contribution in [0.5, 0.6) is 0 Å². The molecule has 1 amide bonds. The summed E-state index contributed by atoms with van der Waals surface area (Å²) in [5, 5.41) is 5.33. The minimum Gasteiger partial charge on any atom is -0.375 e. The van der Waals surface area contributed by atoms with Crippen molar-refractivity contribution < 1.29 is 4.79 Å². The molecule has 0 saturated carbocycles. The molecule has 3 N–H and O–H groups in total. The number of carbonyl (C=O) groups is 1. The van der Waals surface area contributed by atoms with Gasteiger partial charge in [-0.05, 0) is 31.2 Å². The number of rotatable bonds is 3. The number of nitrogens with two attached hydrogens (primary N) is 1. The van der Waals surface area contributed by atoms with Crippen molar-refractivity contribution in [2.45, 2.75) is 6.92 Å². The Kier molecular flexibility index (Phi) is 3.89. The molecule has 3 aromatic rings. The van der Waals surface area contributed by atoms with Gasteiger partial charge in [0.2, 0.25) is 0 Å². The monoisotopic (exact) mass is 309 g/mol. The van der Waals surface area contributed by atoms with E-state index in [9.17, 15) is 4.79 Å². The quantitative estimate of drug-likeness (QED) is 0.769. The molecule has 0 saturated heterocycles. The van der Waals surface area contributed by atoms with Crippen LogP contribution in [0.2, 0.25) is 0 Å². The fourth-order valence-electron chi connectivity index (χ4n) is 2.08. The van der Waals surface area contributed by atoms with E-state index in [0.29, 0.717) is 10.7 Å². The lowest BCUT2D eigenvalue weighted by atomic mass is 10.1. The number of nitrogens with one attached hydrogen (secondary N) is 1. The summed E-state index contributed by atoms with van der Waals surface area (Å²) in [5.74, 6) is -0.130. The molecule has 0 fully saturated rings. The van der Waals surface area contributed by atoms with Crippen molar-refractivity contribution in [1.29, 1.82) is 0 Å². The molecule has 0 radical (unpaired) electrons. The molecule has 1 heterocycles. The third-order valence-corrected chi connectivity index (χ3v) is 3.93. The van der Waals surface area contributed by atoms with Crippen molar-refractivity contribution in [3.63, 3.8) is 0 Å². The molecule has 2 aromatic carbocycles. The van der Waals surface area contributed by atoms with Crippen LogP contribution < -0.4 is 11.1 Å². The predicted octanol–water partition coefficient (Wildman–Crippen LogP) is 3.95. The molecule has 0 aliphatic carbocycles. The summed E-state index contributed by atoms with van der Waals surface area (Å²) < 4.78 is 0. The first-order valence-electron chi connectivity index (χ1n) is 6.81. The maximum atomic E-state index is 12.2. The van der Waals surface area contributed by atoms with E-state index in [1.807, 2.05) is 60.8 Å². The lowest BCUT2D eigenvalue weighted by Gasteiger charge is -2.07. The number of aryl methyl sites for hydroxylation is 1. The number of anilines is 2. The Morgan fingerprint density at radius 3 is 2.64 bits per heavy atom. The van der Waals surface area contributed by atoms with Gasteiger partial charge in [0, 0.05) is 22.2 Å². The van der Waals surface area contributed by atoms with Gasteiger partial charge in [0.05, 0.1) is 5.69 Å². The SMILES string of the molecule is Cc1ccc(C(=O)Nc2cccc(-c3csc(N)n3)c2)cc1. The standard InChI is InChI=1S/C17H15N3OS/c1-11-5-7-12(8-6-11)16(21)19-14-4-2-3-13(9-14)15-10-22-17(18)20-15/h2-10H,1H3,(H2,18,20)(H,19,21). The number of carbonyl (C=O) groups excluding carboxylic acids is 1. The first-order valence-corrected chi connectivity index (χ1v) is 7.69. The zero-order valence-electron chi connectivity index (χ0n) is 12.0. The normalized spacial score (nSPS) is 10.4. The molecular formula is C17H15N3OS. The van der Waals surface area contributed by atoms with Crippen molar-refractivity contribution in [3.05, 3.63) is 65.0 Å². The summed E-state index contributed by atoms with van der Waals surface area (Å²) in [6.45, 7) is 1.99. The number of benzene rings is 2. The minimum atomic E-state index is -0.130. The van der Waals surface area contributed by atoms with Crippen LogP contribution in [0.4, 0.5) is 10.8 Å². The summed E-state index contributed by atoms with van der Waals surface area (Å²) >= 11 is 1.40. The first kappa shape index (κ1) is 14.3. The highest BCUT2D eigenvalue weighted by Gasteiger charge is 2.07. The second-order valence-electron chi connectivity index (χ2n) is 4.97. The van der Waals surface area contributed by atoms with E-state index in [1.165, 1.54) is 11.3 Å². The summed E-state index contributed by atoms with van der Waals surface area (Å²) in [6, 6.07) is 15.0.